The average molecular weight is 276 g/mol. The van der Waals surface area contributed by atoms with E-state index >= 15 is 0 Å². The Morgan fingerprint density at radius 3 is 2.40 bits per heavy atom. The van der Waals surface area contributed by atoms with Crippen molar-refractivity contribution in [1.82, 2.24) is 10.2 Å². The number of benzene rings is 1. The predicted molar refractivity (Wildman–Crippen MR) is 75.3 cm³/mol. The molecule has 0 aromatic heterocycles. The number of nitrogens with zero attached hydrogens (tertiary/aromatic N) is 1. The molecule has 108 valence electrons. The number of piperidine rings is 1. The van der Waals surface area contributed by atoms with Gasteiger partial charge in [0.25, 0.3) is 0 Å². The van der Waals surface area contributed by atoms with Gasteiger partial charge in [-0.25, -0.2) is 0 Å². The topological polar surface area (TPSA) is 69.6 Å². The third-order valence-corrected chi connectivity index (χ3v) is 3.47. The number of amides is 2. The molecule has 1 heterocycles. The van der Waals surface area contributed by atoms with Crippen LogP contribution in [0.3, 0.4) is 0 Å². The van der Waals surface area contributed by atoms with Gasteiger partial charge in [-0.05, 0) is 43.4 Å². The van der Waals surface area contributed by atoms with Crippen LogP contribution in [0.15, 0.2) is 24.3 Å². The van der Waals surface area contributed by atoms with E-state index in [0.29, 0.717) is 26.1 Å². The summed E-state index contributed by atoms with van der Waals surface area (Å²) in [7, 11) is 0. The highest BCUT2D eigenvalue weighted by Crippen LogP contribution is 2.10. The molecule has 5 nitrogen and oxygen atoms in total. The van der Waals surface area contributed by atoms with Gasteiger partial charge < -0.3 is 15.3 Å². The summed E-state index contributed by atoms with van der Waals surface area (Å²) in [6.45, 7) is 1.79. The first kappa shape index (κ1) is 14.4. The van der Waals surface area contributed by atoms with E-state index < -0.39 is 11.8 Å². The summed E-state index contributed by atoms with van der Waals surface area (Å²) in [5, 5.41) is 11.8. The minimum absolute atomic E-state index is 0.220. The quantitative estimate of drug-likeness (QED) is 0.811. The maximum Gasteiger partial charge on any atom is 0.311 e. The van der Waals surface area contributed by atoms with Crippen molar-refractivity contribution in [3.05, 3.63) is 29.8 Å². The summed E-state index contributed by atoms with van der Waals surface area (Å²) in [5.41, 5.74) is 1.01. The first-order valence-corrected chi connectivity index (χ1v) is 7.02. The van der Waals surface area contributed by atoms with Crippen LogP contribution in [-0.4, -0.2) is 41.5 Å². The highest BCUT2D eigenvalue weighted by Gasteiger charge is 2.22. The summed E-state index contributed by atoms with van der Waals surface area (Å²) >= 11 is 0. The number of phenolic OH excluding ortho intramolecular Hbond substituents is 1. The lowest BCUT2D eigenvalue weighted by Gasteiger charge is -2.25. The summed E-state index contributed by atoms with van der Waals surface area (Å²) < 4.78 is 0. The van der Waals surface area contributed by atoms with E-state index in [0.717, 1.165) is 24.8 Å². The largest absolute Gasteiger partial charge is 0.508 e. The van der Waals surface area contributed by atoms with Gasteiger partial charge in [0.2, 0.25) is 0 Å². The van der Waals surface area contributed by atoms with Crippen LogP contribution in [0.2, 0.25) is 0 Å². The van der Waals surface area contributed by atoms with Crippen LogP contribution in [0.5, 0.6) is 5.75 Å². The smallest absolute Gasteiger partial charge is 0.311 e. The van der Waals surface area contributed by atoms with Gasteiger partial charge >= 0.3 is 11.8 Å². The predicted octanol–water partition coefficient (Wildman–Crippen LogP) is 1.06. The highest BCUT2D eigenvalue weighted by molar-refractivity contribution is 6.35. The summed E-state index contributed by atoms with van der Waals surface area (Å²) in [5.74, 6) is -0.723. The first-order valence-electron chi connectivity index (χ1n) is 7.02. The molecule has 0 saturated carbocycles. The van der Waals surface area contributed by atoms with Crippen molar-refractivity contribution < 1.29 is 14.7 Å². The van der Waals surface area contributed by atoms with E-state index in [1.807, 2.05) is 0 Å². The number of phenols is 1. The highest BCUT2D eigenvalue weighted by atomic mass is 16.3. The Bertz CT molecular complexity index is 465. The first-order chi connectivity index (χ1) is 9.66. The van der Waals surface area contributed by atoms with E-state index in [-0.39, 0.29) is 5.75 Å². The van der Waals surface area contributed by atoms with E-state index in [1.54, 1.807) is 29.2 Å². The van der Waals surface area contributed by atoms with E-state index in [1.165, 1.54) is 0 Å². The van der Waals surface area contributed by atoms with Gasteiger partial charge in [0.1, 0.15) is 5.75 Å². The molecule has 5 heteroatoms. The maximum absolute atomic E-state index is 11.9. The lowest BCUT2D eigenvalue weighted by molar-refractivity contribution is -0.146. The molecule has 1 aliphatic heterocycles. The molecule has 0 spiro atoms. The van der Waals surface area contributed by atoms with Crippen molar-refractivity contribution in [1.29, 1.82) is 0 Å². The standard InChI is InChI=1S/C15H20N2O3/c18-13-6-4-12(5-7-13)8-9-16-14(19)15(20)17-10-2-1-3-11-17/h4-7,18H,1-3,8-11H2,(H,16,19). The van der Waals surface area contributed by atoms with Gasteiger partial charge in [-0.1, -0.05) is 12.1 Å². The van der Waals surface area contributed by atoms with Crippen molar-refractivity contribution in [3.8, 4) is 5.75 Å². The van der Waals surface area contributed by atoms with Gasteiger partial charge in [-0.15, -0.1) is 0 Å². The molecule has 0 aliphatic carbocycles. The van der Waals surface area contributed by atoms with Crippen molar-refractivity contribution >= 4 is 11.8 Å². The van der Waals surface area contributed by atoms with Gasteiger partial charge in [0.15, 0.2) is 0 Å². The second-order valence-electron chi connectivity index (χ2n) is 5.03. The zero-order chi connectivity index (χ0) is 14.4. The van der Waals surface area contributed by atoms with Crippen LogP contribution < -0.4 is 5.32 Å². The van der Waals surface area contributed by atoms with E-state index in [9.17, 15) is 9.59 Å². The van der Waals surface area contributed by atoms with Gasteiger partial charge in [0, 0.05) is 19.6 Å². The number of rotatable bonds is 3. The summed E-state index contributed by atoms with van der Waals surface area (Å²) in [4.78, 5) is 25.2. The van der Waals surface area contributed by atoms with Crippen molar-refractivity contribution in [2.45, 2.75) is 25.7 Å². The Hall–Kier alpha value is -2.04. The van der Waals surface area contributed by atoms with Crippen LogP contribution >= 0.6 is 0 Å². The fraction of sp³-hybridized carbons (Fsp3) is 0.467. The summed E-state index contributed by atoms with van der Waals surface area (Å²) in [6, 6.07) is 6.81. The lowest BCUT2D eigenvalue weighted by Crippen LogP contribution is -2.45. The fourth-order valence-corrected chi connectivity index (χ4v) is 2.30. The Morgan fingerprint density at radius 1 is 1.10 bits per heavy atom. The number of nitrogens with one attached hydrogen (secondary N) is 1. The van der Waals surface area contributed by atoms with E-state index in [2.05, 4.69) is 5.32 Å². The molecule has 1 aromatic rings. The molecule has 1 aromatic carbocycles. The van der Waals surface area contributed by atoms with Gasteiger partial charge in [-0.2, -0.15) is 0 Å². The second-order valence-corrected chi connectivity index (χ2v) is 5.03. The zero-order valence-electron chi connectivity index (χ0n) is 11.5. The Kier molecular flexibility index (Phi) is 4.98. The Labute approximate surface area is 118 Å². The number of hydrogen-bond acceptors (Lipinski definition) is 3. The minimum atomic E-state index is -0.523. The van der Waals surface area contributed by atoms with Crippen LogP contribution in [0.1, 0.15) is 24.8 Å². The monoisotopic (exact) mass is 276 g/mol. The third kappa shape index (κ3) is 3.98. The molecule has 0 bridgehead atoms. The Morgan fingerprint density at radius 2 is 1.75 bits per heavy atom. The minimum Gasteiger partial charge on any atom is -0.508 e. The second kappa shape index (κ2) is 6.93. The average Bonchev–Trinajstić information content (AvgIpc) is 2.49. The van der Waals surface area contributed by atoms with E-state index in [4.69, 9.17) is 5.11 Å². The van der Waals surface area contributed by atoms with Gasteiger partial charge in [0.05, 0.1) is 0 Å². The van der Waals surface area contributed by atoms with Crippen molar-refractivity contribution in [2.75, 3.05) is 19.6 Å². The fourth-order valence-electron chi connectivity index (χ4n) is 2.30. The molecular formula is C15H20N2O3. The SMILES string of the molecule is O=C(NCCc1ccc(O)cc1)C(=O)N1CCCCC1. The molecule has 2 N–H and O–H groups in total. The number of aromatic hydroxyl groups is 1. The number of hydrogen-bond donors (Lipinski definition) is 2. The van der Waals surface area contributed by atoms with Crippen LogP contribution in [0.4, 0.5) is 0 Å². The number of likely N-dealkylation sites (tertiary alicyclic amines) is 1. The summed E-state index contributed by atoms with van der Waals surface area (Å²) in [6.07, 6.45) is 3.73. The van der Waals surface area contributed by atoms with Crippen LogP contribution in [0, 0.1) is 0 Å². The normalized spacial score (nSPS) is 14.9. The maximum atomic E-state index is 11.9. The molecule has 0 atom stereocenters. The molecule has 1 aliphatic rings. The van der Waals surface area contributed by atoms with Crippen molar-refractivity contribution in [2.24, 2.45) is 0 Å². The third-order valence-electron chi connectivity index (χ3n) is 3.47. The molecule has 0 radical (unpaired) electrons. The molecule has 2 rings (SSSR count). The number of carbonyl (C=O) groups excluding carboxylic acids is 2. The number of carbonyl (C=O) groups is 2. The lowest BCUT2D eigenvalue weighted by atomic mass is 10.1. The molecule has 20 heavy (non-hydrogen) atoms. The molecule has 1 fully saturated rings. The molecule has 0 unspecified atom stereocenters. The van der Waals surface area contributed by atoms with Gasteiger partial charge in [-0.3, -0.25) is 9.59 Å². The molecule has 1 saturated heterocycles. The Balaban J connectivity index is 1.74. The van der Waals surface area contributed by atoms with Crippen LogP contribution in [-0.2, 0) is 16.0 Å². The molecular weight excluding hydrogens is 256 g/mol. The van der Waals surface area contributed by atoms with Crippen LogP contribution in [0.25, 0.3) is 0 Å². The zero-order valence-corrected chi connectivity index (χ0v) is 11.5. The van der Waals surface area contributed by atoms with Crippen molar-refractivity contribution in [3.63, 3.8) is 0 Å². The molecule has 2 amide bonds.